The largest absolute Gasteiger partial charge is 0.407 e. The Morgan fingerprint density at radius 2 is 1.60 bits per heavy atom. The molecule has 0 spiro atoms. The zero-order chi connectivity index (χ0) is 11.6. The SMILES string of the molecule is CN(C)c1ccc([C@H](N)C(F)(F)F)cc1. The van der Waals surface area contributed by atoms with Gasteiger partial charge in [-0.3, -0.25) is 0 Å². The number of alkyl halides is 3. The average molecular weight is 218 g/mol. The van der Waals surface area contributed by atoms with Gasteiger partial charge in [-0.2, -0.15) is 13.2 Å². The van der Waals surface area contributed by atoms with Crippen molar-refractivity contribution in [3.05, 3.63) is 29.8 Å². The van der Waals surface area contributed by atoms with E-state index in [4.69, 9.17) is 5.73 Å². The highest BCUT2D eigenvalue weighted by Crippen LogP contribution is 2.30. The van der Waals surface area contributed by atoms with Gasteiger partial charge >= 0.3 is 6.18 Å². The first-order valence-electron chi connectivity index (χ1n) is 4.42. The molecule has 0 aromatic heterocycles. The highest BCUT2D eigenvalue weighted by atomic mass is 19.4. The summed E-state index contributed by atoms with van der Waals surface area (Å²) in [5, 5.41) is 0. The summed E-state index contributed by atoms with van der Waals surface area (Å²) in [5.74, 6) is 0. The Balaban J connectivity index is 2.89. The van der Waals surface area contributed by atoms with Gasteiger partial charge in [0.2, 0.25) is 0 Å². The van der Waals surface area contributed by atoms with E-state index in [0.717, 1.165) is 5.69 Å². The van der Waals surface area contributed by atoms with Crippen LogP contribution in [0.1, 0.15) is 11.6 Å². The van der Waals surface area contributed by atoms with Gasteiger partial charge in [0.15, 0.2) is 0 Å². The highest BCUT2D eigenvalue weighted by molar-refractivity contribution is 5.46. The van der Waals surface area contributed by atoms with Crippen LogP contribution in [0.25, 0.3) is 0 Å². The molecule has 0 heterocycles. The maximum absolute atomic E-state index is 12.3. The molecule has 1 atom stereocenters. The van der Waals surface area contributed by atoms with Crippen molar-refractivity contribution in [3.8, 4) is 0 Å². The molecule has 0 aliphatic carbocycles. The number of halogens is 3. The molecule has 0 amide bonds. The summed E-state index contributed by atoms with van der Waals surface area (Å²) >= 11 is 0. The lowest BCUT2D eigenvalue weighted by molar-refractivity contribution is -0.149. The van der Waals surface area contributed by atoms with Crippen LogP contribution < -0.4 is 10.6 Å². The van der Waals surface area contributed by atoms with E-state index in [1.807, 2.05) is 19.0 Å². The van der Waals surface area contributed by atoms with Crippen LogP contribution in [0.5, 0.6) is 0 Å². The molecule has 0 saturated carbocycles. The first kappa shape index (κ1) is 11.8. The van der Waals surface area contributed by atoms with Crippen LogP contribution in [0, 0.1) is 0 Å². The third kappa shape index (κ3) is 2.86. The Hall–Kier alpha value is -1.23. The summed E-state index contributed by atoms with van der Waals surface area (Å²) in [6.07, 6.45) is -4.39. The molecule has 0 bridgehead atoms. The Morgan fingerprint density at radius 3 is 1.93 bits per heavy atom. The fourth-order valence-electron chi connectivity index (χ4n) is 1.17. The van der Waals surface area contributed by atoms with E-state index in [0.29, 0.717) is 0 Å². The zero-order valence-electron chi connectivity index (χ0n) is 8.55. The molecule has 0 radical (unpaired) electrons. The first-order valence-corrected chi connectivity index (χ1v) is 4.42. The minimum absolute atomic E-state index is 0.0769. The third-order valence-electron chi connectivity index (χ3n) is 2.12. The van der Waals surface area contributed by atoms with Crippen molar-refractivity contribution in [2.75, 3.05) is 19.0 Å². The average Bonchev–Trinajstić information content (AvgIpc) is 2.15. The predicted molar refractivity (Wildman–Crippen MR) is 53.8 cm³/mol. The molecule has 0 aliphatic heterocycles. The van der Waals surface area contributed by atoms with Crippen molar-refractivity contribution in [3.63, 3.8) is 0 Å². The molecule has 0 aliphatic rings. The smallest absolute Gasteiger partial charge is 0.378 e. The number of nitrogens with zero attached hydrogens (tertiary/aromatic N) is 1. The van der Waals surface area contributed by atoms with Gasteiger partial charge in [0, 0.05) is 19.8 Å². The Kier molecular flexibility index (Phi) is 3.24. The molecule has 15 heavy (non-hydrogen) atoms. The van der Waals surface area contributed by atoms with Crippen LogP contribution in [0.15, 0.2) is 24.3 Å². The predicted octanol–water partition coefficient (Wildman–Crippen LogP) is 2.31. The van der Waals surface area contributed by atoms with Gasteiger partial charge in [-0.05, 0) is 17.7 Å². The van der Waals surface area contributed by atoms with Gasteiger partial charge in [-0.25, -0.2) is 0 Å². The van der Waals surface area contributed by atoms with Gasteiger partial charge in [0.25, 0.3) is 0 Å². The fraction of sp³-hybridized carbons (Fsp3) is 0.400. The Labute approximate surface area is 86.5 Å². The lowest BCUT2D eigenvalue weighted by Gasteiger charge is -2.17. The van der Waals surface area contributed by atoms with Crippen LogP contribution in [0.2, 0.25) is 0 Å². The normalized spacial score (nSPS) is 13.7. The molecule has 5 heteroatoms. The van der Waals surface area contributed by atoms with E-state index in [2.05, 4.69) is 0 Å². The van der Waals surface area contributed by atoms with Crippen LogP contribution in [-0.4, -0.2) is 20.3 Å². The van der Waals surface area contributed by atoms with Crippen molar-refractivity contribution in [1.29, 1.82) is 0 Å². The van der Waals surface area contributed by atoms with E-state index >= 15 is 0 Å². The number of hydrogen-bond donors (Lipinski definition) is 1. The number of rotatable bonds is 2. The standard InChI is InChI=1S/C10H13F3N2/c1-15(2)8-5-3-7(4-6-8)9(14)10(11,12)13/h3-6,9H,14H2,1-2H3/t9-/m0/s1. The van der Waals surface area contributed by atoms with E-state index in [1.165, 1.54) is 12.1 Å². The van der Waals surface area contributed by atoms with Crippen LogP contribution in [-0.2, 0) is 0 Å². The molecule has 1 rings (SSSR count). The quantitative estimate of drug-likeness (QED) is 0.825. The molecule has 0 unspecified atom stereocenters. The van der Waals surface area contributed by atoms with Crippen LogP contribution in [0.3, 0.4) is 0 Å². The molecule has 1 aromatic rings. The summed E-state index contributed by atoms with van der Waals surface area (Å²) < 4.78 is 36.8. The van der Waals surface area contributed by atoms with Gasteiger partial charge < -0.3 is 10.6 Å². The van der Waals surface area contributed by atoms with E-state index in [1.54, 1.807) is 12.1 Å². The van der Waals surface area contributed by atoms with Crippen molar-refractivity contribution in [1.82, 2.24) is 0 Å². The Morgan fingerprint density at radius 1 is 1.13 bits per heavy atom. The summed E-state index contributed by atoms with van der Waals surface area (Å²) in [4.78, 5) is 1.81. The molecule has 2 N–H and O–H groups in total. The molecule has 0 fully saturated rings. The number of hydrogen-bond acceptors (Lipinski definition) is 2. The molecule has 2 nitrogen and oxygen atoms in total. The minimum atomic E-state index is -4.39. The molecule has 0 saturated heterocycles. The summed E-state index contributed by atoms with van der Waals surface area (Å²) in [6, 6.07) is 4.11. The zero-order valence-corrected chi connectivity index (χ0v) is 8.55. The molecular formula is C10H13F3N2. The second kappa shape index (κ2) is 4.10. The van der Waals surface area contributed by atoms with Crippen molar-refractivity contribution in [2.24, 2.45) is 5.73 Å². The number of benzene rings is 1. The topological polar surface area (TPSA) is 29.3 Å². The van der Waals surface area contributed by atoms with Gasteiger partial charge in [-0.15, -0.1) is 0 Å². The Bertz CT molecular complexity index is 316. The lowest BCUT2D eigenvalue weighted by Crippen LogP contribution is -2.28. The monoisotopic (exact) mass is 218 g/mol. The van der Waals surface area contributed by atoms with Gasteiger partial charge in [0.05, 0.1) is 0 Å². The third-order valence-corrected chi connectivity index (χ3v) is 2.12. The van der Waals surface area contributed by atoms with Crippen molar-refractivity contribution >= 4 is 5.69 Å². The van der Waals surface area contributed by atoms with Crippen molar-refractivity contribution in [2.45, 2.75) is 12.2 Å². The number of nitrogens with two attached hydrogens (primary N) is 1. The molecule has 84 valence electrons. The minimum Gasteiger partial charge on any atom is -0.378 e. The second-order valence-electron chi connectivity index (χ2n) is 3.51. The lowest BCUT2D eigenvalue weighted by atomic mass is 10.1. The van der Waals surface area contributed by atoms with E-state index in [9.17, 15) is 13.2 Å². The van der Waals surface area contributed by atoms with Gasteiger partial charge in [-0.1, -0.05) is 12.1 Å². The maximum atomic E-state index is 12.3. The second-order valence-corrected chi connectivity index (χ2v) is 3.51. The summed E-state index contributed by atoms with van der Waals surface area (Å²) in [5.41, 5.74) is 5.98. The van der Waals surface area contributed by atoms with E-state index in [-0.39, 0.29) is 5.56 Å². The van der Waals surface area contributed by atoms with Gasteiger partial charge in [0.1, 0.15) is 6.04 Å². The maximum Gasteiger partial charge on any atom is 0.407 e. The van der Waals surface area contributed by atoms with Crippen LogP contribution in [0.4, 0.5) is 18.9 Å². The fourth-order valence-corrected chi connectivity index (χ4v) is 1.17. The number of anilines is 1. The highest BCUT2D eigenvalue weighted by Gasteiger charge is 2.37. The van der Waals surface area contributed by atoms with E-state index < -0.39 is 12.2 Å². The molecular weight excluding hydrogens is 205 g/mol. The molecule has 1 aromatic carbocycles. The summed E-state index contributed by atoms with van der Waals surface area (Å²) in [6.45, 7) is 0. The first-order chi connectivity index (χ1) is 6.82. The van der Waals surface area contributed by atoms with Crippen molar-refractivity contribution < 1.29 is 13.2 Å². The summed E-state index contributed by atoms with van der Waals surface area (Å²) in [7, 11) is 3.64. The van der Waals surface area contributed by atoms with Crippen LogP contribution >= 0.6 is 0 Å².